The SMILES string of the molecule is CCCCCCC(=O)CSCC(C)(C)C. The van der Waals surface area contributed by atoms with Gasteiger partial charge in [0.2, 0.25) is 0 Å². The van der Waals surface area contributed by atoms with Crippen molar-refractivity contribution in [3.05, 3.63) is 0 Å². The fraction of sp³-hybridized carbons (Fsp3) is 0.923. The summed E-state index contributed by atoms with van der Waals surface area (Å²) in [5.74, 6) is 2.22. The Balaban J connectivity index is 3.34. The topological polar surface area (TPSA) is 17.1 Å². The van der Waals surface area contributed by atoms with Crippen LogP contribution in [0.5, 0.6) is 0 Å². The zero-order chi connectivity index (χ0) is 11.7. The molecule has 0 fully saturated rings. The number of carbonyl (C=O) groups excluding carboxylic acids is 1. The zero-order valence-electron chi connectivity index (χ0n) is 10.8. The van der Waals surface area contributed by atoms with E-state index in [1.165, 1.54) is 19.3 Å². The lowest BCUT2D eigenvalue weighted by Crippen LogP contribution is -2.11. The van der Waals surface area contributed by atoms with Gasteiger partial charge in [-0.25, -0.2) is 0 Å². The molecule has 0 rings (SSSR count). The van der Waals surface area contributed by atoms with Crippen molar-refractivity contribution in [3.8, 4) is 0 Å². The van der Waals surface area contributed by atoms with Gasteiger partial charge < -0.3 is 0 Å². The van der Waals surface area contributed by atoms with Crippen LogP contribution in [0.25, 0.3) is 0 Å². The van der Waals surface area contributed by atoms with Crippen LogP contribution < -0.4 is 0 Å². The minimum atomic E-state index is 0.340. The summed E-state index contributed by atoms with van der Waals surface area (Å²) in [6.45, 7) is 8.84. The molecule has 0 aliphatic rings. The molecule has 0 aliphatic heterocycles. The Kier molecular flexibility index (Phi) is 8.22. The Hall–Kier alpha value is 0.0200. The number of ketones is 1. The highest BCUT2D eigenvalue weighted by molar-refractivity contribution is 7.99. The molecule has 0 saturated heterocycles. The van der Waals surface area contributed by atoms with E-state index in [2.05, 4.69) is 27.7 Å². The number of rotatable bonds is 8. The summed E-state index contributed by atoms with van der Waals surface area (Å²) in [7, 11) is 0. The third-order valence-electron chi connectivity index (χ3n) is 2.11. The molecular formula is C13H26OS. The molecule has 0 aromatic carbocycles. The van der Waals surface area contributed by atoms with Crippen molar-refractivity contribution in [2.45, 2.75) is 59.8 Å². The van der Waals surface area contributed by atoms with Crippen molar-refractivity contribution in [1.29, 1.82) is 0 Å². The Bertz CT molecular complexity index is 170. The third kappa shape index (κ3) is 11.9. The first-order valence-corrected chi connectivity index (χ1v) is 7.20. The van der Waals surface area contributed by atoms with Crippen molar-refractivity contribution in [2.75, 3.05) is 11.5 Å². The van der Waals surface area contributed by atoms with Gasteiger partial charge in [0.15, 0.2) is 0 Å². The van der Waals surface area contributed by atoms with E-state index >= 15 is 0 Å². The van der Waals surface area contributed by atoms with Crippen molar-refractivity contribution < 1.29 is 4.79 Å². The van der Waals surface area contributed by atoms with Crippen LogP contribution in [0.1, 0.15) is 59.8 Å². The Morgan fingerprint density at radius 2 is 1.80 bits per heavy atom. The number of hydrogen-bond donors (Lipinski definition) is 0. The lowest BCUT2D eigenvalue weighted by Gasteiger charge is -2.16. The fourth-order valence-electron chi connectivity index (χ4n) is 1.29. The molecule has 1 nitrogen and oxygen atoms in total. The van der Waals surface area contributed by atoms with Crippen molar-refractivity contribution in [2.24, 2.45) is 5.41 Å². The number of unbranched alkanes of at least 4 members (excludes halogenated alkanes) is 3. The second kappa shape index (κ2) is 8.20. The minimum Gasteiger partial charge on any atom is -0.299 e. The number of hydrogen-bond acceptors (Lipinski definition) is 2. The Morgan fingerprint density at radius 3 is 2.33 bits per heavy atom. The fourth-order valence-corrected chi connectivity index (χ4v) is 2.38. The maximum absolute atomic E-state index is 11.5. The average Bonchev–Trinajstić information content (AvgIpc) is 2.10. The highest BCUT2D eigenvalue weighted by atomic mass is 32.2. The zero-order valence-corrected chi connectivity index (χ0v) is 11.6. The standard InChI is InChI=1S/C13H26OS/c1-5-6-7-8-9-12(14)10-15-11-13(2,3)4/h5-11H2,1-4H3. The summed E-state index contributed by atoms with van der Waals surface area (Å²) >= 11 is 1.78. The summed E-state index contributed by atoms with van der Waals surface area (Å²) < 4.78 is 0. The van der Waals surface area contributed by atoms with E-state index in [0.717, 1.165) is 18.6 Å². The molecule has 0 aliphatic carbocycles. The lowest BCUT2D eigenvalue weighted by atomic mass is 10.0. The smallest absolute Gasteiger partial charge is 0.142 e. The second-order valence-electron chi connectivity index (χ2n) is 5.40. The van der Waals surface area contributed by atoms with E-state index in [1.54, 1.807) is 11.8 Å². The van der Waals surface area contributed by atoms with Crippen LogP contribution in [-0.4, -0.2) is 17.3 Å². The van der Waals surface area contributed by atoms with Crippen LogP contribution in [0.3, 0.4) is 0 Å². The maximum Gasteiger partial charge on any atom is 0.142 e. The van der Waals surface area contributed by atoms with Gasteiger partial charge in [0.05, 0.1) is 5.75 Å². The van der Waals surface area contributed by atoms with Crippen LogP contribution in [0.2, 0.25) is 0 Å². The predicted octanol–water partition coefficient (Wildman–Crippen LogP) is 4.31. The van der Waals surface area contributed by atoms with Gasteiger partial charge >= 0.3 is 0 Å². The quantitative estimate of drug-likeness (QED) is 0.578. The van der Waals surface area contributed by atoms with Crippen LogP contribution >= 0.6 is 11.8 Å². The summed E-state index contributed by atoms with van der Waals surface area (Å²) in [6.07, 6.45) is 5.60. The van der Waals surface area contributed by atoms with Crippen LogP contribution in [-0.2, 0) is 4.79 Å². The third-order valence-corrected chi connectivity index (χ3v) is 3.70. The van der Waals surface area contributed by atoms with Gasteiger partial charge in [-0.15, -0.1) is 0 Å². The van der Waals surface area contributed by atoms with E-state index in [-0.39, 0.29) is 0 Å². The highest BCUT2D eigenvalue weighted by Gasteiger charge is 2.11. The second-order valence-corrected chi connectivity index (χ2v) is 6.39. The summed E-state index contributed by atoms with van der Waals surface area (Å²) in [6, 6.07) is 0. The van der Waals surface area contributed by atoms with Crippen molar-refractivity contribution in [3.63, 3.8) is 0 Å². The highest BCUT2D eigenvalue weighted by Crippen LogP contribution is 2.20. The first-order valence-electron chi connectivity index (χ1n) is 6.05. The summed E-state index contributed by atoms with van der Waals surface area (Å²) in [4.78, 5) is 11.5. The van der Waals surface area contributed by atoms with E-state index in [1.807, 2.05) is 0 Å². The van der Waals surface area contributed by atoms with Gasteiger partial charge in [-0.2, -0.15) is 11.8 Å². The van der Waals surface area contributed by atoms with Crippen LogP contribution in [0.4, 0.5) is 0 Å². The van der Waals surface area contributed by atoms with Gasteiger partial charge in [0, 0.05) is 6.42 Å². The predicted molar refractivity (Wildman–Crippen MR) is 70.5 cm³/mol. The molecule has 0 saturated carbocycles. The molecule has 15 heavy (non-hydrogen) atoms. The van der Waals surface area contributed by atoms with Gasteiger partial charge in [-0.1, -0.05) is 47.0 Å². The molecule has 0 amide bonds. The lowest BCUT2D eigenvalue weighted by molar-refractivity contribution is -0.116. The van der Waals surface area contributed by atoms with Crippen LogP contribution in [0.15, 0.2) is 0 Å². The van der Waals surface area contributed by atoms with Crippen LogP contribution in [0, 0.1) is 5.41 Å². The molecule has 0 radical (unpaired) electrons. The van der Waals surface area contributed by atoms with Gasteiger partial charge in [0.1, 0.15) is 5.78 Å². The molecule has 0 atom stereocenters. The normalized spacial score (nSPS) is 11.7. The molecule has 0 spiro atoms. The van der Waals surface area contributed by atoms with Crippen molar-refractivity contribution in [1.82, 2.24) is 0 Å². The molecule has 0 bridgehead atoms. The largest absolute Gasteiger partial charge is 0.299 e. The van der Waals surface area contributed by atoms with Crippen molar-refractivity contribution >= 4 is 17.5 Å². The summed E-state index contributed by atoms with van der Waals surface area (Å²) in [5.41, 5.74) is 0.340. The molecule has 0 unspecified atom stereocenters. The minimum absolute atomic E-state index is 0.340. The number of Topliss-reactive ketones (excluding diaryl/α,β-unsaturated/α-hetero) is 1. The molecule has 0 N–H and O–H groups in total. The molecule has 2 heteroatoms. The number of carbonyl (C=O) groups is 1. The Labute approximate surface area is 99.4 Å². The molecule has 0 aromatic heterocycles. The molecular weight excluding hydrogens is 204 g/mol. The molecule has 0 aromatic rings. The maximum atomic E-state index is 11.5. The Morgan fingerprint density at radius 1 is 1.13 bits per heavy atom. The van der Waals surface area contributed by atoms with Gasteiger partial charge in [0.25, 0.3) is 0 Å². The molecule has 90 valence electrons. The average molecular weight is 230 g/mol. The summed E-state index contributed by atoms with van der Waals surface area (Å²) in [5, 5.41) is 0. The van der Waals surface area contributed by atoms with Gasteiger partial charge in [-0.3, -0.25) is 4.79 Å². The first kappa shape index (κ1) is 15.0. The molecule has 0 heterocycles. The monoisotopic (exact) mass is 230 g/mol. The van der Waals surface area contributed by atoms with E-state index < -0.39 is 0 Å². The van der Waals surface area contributed by atoms with E-state index in [9.17, 15) is 4.79 Å². The van der Waals surface area contributed by atoms with E-state index in [0.29, 0.717) is 17.0 Å². The van der Waals surface area contributed by atoms with E-state index in [4.69, 9.17) is 0 Å². The number of thioether (sulfide) groups is 1. The first-order chi connectivity index (χ1) is 6.95. The van der Waals surface area contributed by atoms with Gasteiger partial charge in [-0.05, 0) is 17.6 Å².